The first-order valence-electron chi connectivity index (χ1n) is 8.70. The summed E-state index contributed by atoms with van der Waals surface area (Å²) in [6.45, 7) is 3.43. The van der Waals surface area contributed by atoms with Gasteiger partial charge < -0.3 is 9.47 Å². The van der Waals surface area contributed by atoms with Gasteiger partial charge in [-0.15, -0.1) is 0 Å². The van der Waals surface area contributed by atoms with Crippen LogP contribution < -0.4 is 4.90 Å². The largest absolute Gasteiger partial charge is 0.417 e. The Hall–Kier alpha value is -2.44. The monoisotopic (exact) mass is 394 g/mol. The number of anilines is 1. The predicted octanol–water partition coefficient (Wildman–Crippen LogP) is 2.65. The van der Waals surface area contributed by atoms with Gasteiger partial charge >= 0.3 is 6.18 Å². The Kier molecular flexibility index (Phi) is 3.75. The highest BCUT2D eigenvalue weighted by molar-refractivity contribution is 6.23. The number of hydrogen-bond donors (Lipinski definition) is 0. The number of halogens is 3. The molecular weight excluding hydrogens is 377 g/mol. The maximum absolute atomic E-state index is 13.3. The number of carbonyl (C=O) groups is 2. The maximum Gasteiger partial charge on any atom is 0.417 e. The van der Waals surface area contributed by atoms with E-state index in [9.17, 15) is 22.8 Å². The Balaban J connectivity index is 1.80. The van der Waals surface area contributed by atoms with E-state index in [2.05, 4.69) is 0 Å². The van der Waals surface area contributed by atoms with Crippen LogP contribution in [0.5, 0.6) is 0 Å². The molecule has 0 aliphatic carbocycles. The Morgan fingerprint density at radius 1 is 1.25 bits per heavy atom. The number of methoxy groups -OCH3 is 1. The Labute approximate surface area is 158 Å². The van der Waals surface area contributed by atoms with Crippen LogP contribution in [0.4, 0.5) is 18.9 Å². The van der Waals surface area contributed by atoms with Gasteiger partial charge in [-0.25, -0.2) is 4.90 Å². The zero-order chi connectivity index (χ0) is 20.6. The number of carbonyl (C=O) groups excluding carboxylic acids is 2. The van der Waals surface area contributed by atoms with Gasteiger partial charge in [0, 0.05) is 13.5 Å². The average molecular weight is 394 g/mol. The number of alkyl halides is 3. The number of fused-ring (bicyclic) bond motifs is 5. The second kappa shape index (κ2) is 5.55. The van der Waals surface area contributed by atoms with Gasteiger partial charge in [0.15, 0.2) is 0 Å². The fourth-order valence-electron chi connectivity index (χ4n) is 5.07. The maximum atomic E-state index is 13.3. The third-order valence-electron chi connectivity index (χ3n) is 6.24. The minimum Gasteiger partial charge on any atom is -0.378 e. The summed E-state index contributed by atoms with van der Waals surface area (Å²) in [6, 6.07) is 4.32. The molecule has 3 saturated heterocycles. The highest BCUT2D eigenvalue weighted by Gasteiger charge is 2.76. The Morgan fingerprint density at radius 3 is 2.46 bits per heavy atom. The van der Waals surface area contributed by atoms with E-state index < -0.39 is 58.3 Å². The van der Waals surface area contributed by atoms with Crippen LogP contribution in [0.25, 0.3) is 0 Å². The van der Waals surface area contributed by atoms with E-state index in [4.69, 9.17) is 14.7 Å². The molecule has 3 fully saturated rings. The SMILES string of the molecule is CO[C@@H]1C[C@@]2(C)O[C@@]1(C)[C@@H]1C(=O)N(c3ccc(C#N)c(C(F)(F)F)c3)C(=O)[C@@H]12. The van der Waals surface area contributed by atoms with Crippen LogP contribution in [0.15, 0.2) is 18.2 Å². The number of benzene rings is 1. The zero-order valence-electron chi connectivity index (χ0n) is 15.3. The van der Waals surface area contributed by atoms with Crippen molar-refractivity contribution < 1.29 is 32.2 Å². The van der Waals surface area contributed by atoms with E-state index in [1.54, 1.807) is 13.8 Å². The molecule has 148 valence electrons. The van der Waals surface area contributed by atoms with Crippen LogP contribution >= 0.6 is 0 Å². The Morgan fingerprint density at radius 2 is 1.89 bits per heavy atom. The first kappa shape index (κ1) is 18.9. The lowest BCUT2D eigenvalue weighted by Gasteiger charge is -2.34. The van der Waals surface area contributed by atoms with Crippen molar-refractivity contribution in [1.82, 2.24) is 0 Å². The summed E-state index contributed by atoms with van der Waals surface area (Å²) in [5, 5.41) is 8.95. The third kappa shape index (κ3) is 2.22. The molecule has 3 aliphatic heterocycles. The lowest BCUT2D eigenvalue weighted by Crippen LogP contribution is -2.49. The summed E-state index contributed by atoms with van der Waals surface area (Å²) in [4.78, 5) is 27.0. The number of hydrogen-bond acceptors (Lipinski definition) is 5. The molecule has 5 atom stereocenters. The molecule has 3 aliphatic rings. The number of imide groups is 1. The Bertz CT molecular complexity index is 940. The van der Waals surface area contributed by atoms with Gasteiger partial charge in [0.25, 0.3) is 0 Å². The molecule has 2 amide bonds. The van der Waals surface area contributed by atoms with Crippen molar-refractivity contribution in [1.29, 1.82) is 5.26 Å². The fourth-order valence-corrected chi connectivity index (χ4v) is 5.07. The molecule has 0 aromatic heterocycles. The highest BCUT2D eigenvalue weighted by atomic mass is 19.4. The molecule has 0 N–H and O–H groups in total. The van der Waals surface area contributed by atoms with E-state index >= 15 is 0 Å². The summed E-state index contributed by atoms with van der Waals surface area (Å²) in [5.74, 6) is -2.83. The molecule has 0 unspecified atom stereocenters. The predicted molar refractivity (Wildman–Crippen MR) is 88.9 cm³/mol. The van der Waals surface area contributed by atoms with E-state index in [1.807, 2.05) is 0 Å². The molecular formula is C19H17F3N2O4. The van der Waals surface area contributed by atoms with Crippen LogP contribution in [0.3, 0.4) is 0 Å². The first-order valence-corrected chi connectivity index (χ1v) is 8.70. The van der Waals surface area contributed by atoms with E-state index in [1.165, 1.54) is 19.2 Å². The third-order valence-corrected chi connectivity index (χ3v) is 6.24. The van der Waals surface area contributed by atoms with Gasteiger partial charge in [0.2, 0.25) is 11.8 Å². The summed E-state index contributed by atoms with van der Waals surface area (Å²) in [7, 11) is 1.49. The molecule has 0 spiro atoms. The molecule has 3 heterocycles. The summed E-state index contributed by atoms with van der Waals surface area (Å²) in [6.07, 6.45) is -4.78. The minimum atomic E-state index is -4.79. The number of nitrogens with zero attached hydrogens (tertiary/aromatic N) is 2. The van der Waals surface area contributed by atoms with Crippen molar-refractivity contribution in [3.8, 4) is 6.07 Å². The van der Waals surface area contributed by atoms with Crippen LogP contribution in [0, 0.1) is 23.2 Å². The van der Waals surface area contributed by atoms with Crippen LogP contribution in [0.1, 0.15) is 31.4 Å². The molecule has 0 saturated carbocycles. The highest BCUT2D eigenvalue weighted by Crippen LogP contribution is 2.61. The van der Waals surface area contributed by atoms with Crippen molar-refractivity contribution in [2.75, 3.05) is 12.0 Å². The van der Waals surface area contributed by atoms with Crippen LogP contribution in [0.2, 0.25) is 0 Å². The van der Waals surface area contributed by atoms with Crippen molar-refractivity contribution in [3.63, 3.8) is 0 Å². The van der Waals surface area contributed by atoms with E-state index in [-0.39, 0.29) is 5.69 Å². The summed E-state index contributed by atoms with van der Waals surface area (Å²) >= 11 is 0. The van der Waals surface area contributed by atoms with Crippen molar-refractivity contribution in [2.45, 2.75) is 43.8 Å². The number of nitriles is 1. The molecule has 1 aromatic carbocycles. The fraction of sp³-hybridized carbons (Fsp3) is 0.526. The van der Waals surface area contributed by atoms with Crippen molar-refractivity contribution >= 4 is 17.5 Å². The van der Waals surface area contributed by atoms with Gasteiger partial charge in [-0.05, 0) is 32.0 Å². The van der Waals surface area contributed by atoms with Crippen molar-refractivity contribution in [3.05, 3.63) is 29.3 Å². The van der Waals surface area contributed by atoms with Gasteiger partial charge in [-0.3, -0.25) is 9.59 Å². The van der Waals surface area contributed by atoms with Gasteiger partial charge in [-0.2, -0.15) is 18.4 Å². The molecule has 0 radical (unpaired) electrons. The molecule has 4 rings (SSSR count). The lowest BCUT2D eigenvalue weighted by atomic mass is 9.67. The number of amides is 2. The first-order chi connectivity index (χ1) is 13.0. The number of rotatable bonds is 2. The van der Waals surface area contributed by atoms with Gasteiger partial charge in [0.05, 0.1) is 46.4 Å². The van der Waals surface area contributed by atoms with Gasteiger partial charge in [0.1, 0.15) is 5.60 Å². The second-order valence-corrected chi connectivity index (χ2v) is 7.83. The van der Waals surface area contributed by atoms with Crippen LogP contribution in [-0.2, 0) is 25.2 Å². The second-order valence-electron chi connectivity index (χ2n) is 7.83. The number of ether oxygens (including phenoxy) is 2. The normalized spacial score (nSPS) is 36.8. The topological polar surface area (TPSA) is 79.6 Å². The lowest BCUT2D eigenvalue weighted by molar-refractivity contribution is -0.138. The summed E-state index contributed by atoms with van der Waals surface area (Å²) < 4.78 is 51.4. The molecule has 1 aromatic rings. The molecule has 2 bridgehead atoms. The van der Waals surface area contributed by atoms with E-state index in [0.717, 1.165) is 11.0 Å². The molecule has 28 heavy (non-hydrogen) atoms. The smallest absolute Gasteiger partial charge is 0.378 e. The standard InChI is InChI=1S/C19H17F3N2O4/c1-17-7-12(27-3)18(2,28-17)14-13(17)15(25)24(16(14)26)10-5-4-9(8-23)11(6-10)19(20,21)22/h4-6,12-14H,7H2,1-3H3/t12-,13-,14+,17-,18-/m1/s1. The minimum absolute atomic E-state index is 0.198. The molecule has 9 heteroatoms. The molecule has 6 nitrogen and oxygen atoms in total. The zero-order valence-corrected chi connectivity index (χ0v) is 15.3. The van der Waals surface area contributed by atoms with Crippen LogP contribution in [-0.4, -0.2) is 36.2 Å². The van der Waals surface area contributed by atoms with Gasteiger partial charge in [-0.1, -0.05) is 0 Å². The summed E-state index contributed by atoms with van der Waals surface area (Å²) in [5.41, 5.74) is -3.92. The average Bonchev–Trinajstić information content (AvgIpc) is 3.14. The van der Waals surface area contributed by atoms with E-state index in [0.29, 0.717) is 12.5 Å². The van der Waals surface area contributed by atoms with Crippen molar-refractivity contribution in [2.24, 2.45) is 11.8 Å². The quantitative estimate of drug-likeness (QED) is 0.721.